The molecule has 0 unspecified atom stereocenters. The van der Waals surface area contributed by atoms with Crippen molar-refractivity contribution in [3.63, 3.8) is 0 Å². The van der Waals surface area contributed by atoms with Crippen LogP contribution in [-0.2, 0) is 23.1 Å². The molecule has 1 heterocycles. The third kappa shape index (κ3) is 3.49. The maximum atomic E-state index is 12.3. The zero-order valence-corrected chi connectivity index (χ0v) is 13.7. The third-order valence-corrected chi connectivity index (χ3v) is 4.69. The minimum absolute atomic E-state index is 0.00785. The van der Waals surface area contributed by atoms with Gasteiger partial charge in [0, 0.05) is 7.05 Å². The van der Waals surface area contributed by atoms with Gasteiger partial charge in [-0.2, -0.15) is 0 Å². The first kappa shape index (κ1) is 15.8. The van der Waals surface area contributed by atoms with E-state index in [-0.39, 0.29) is 24.3 Å². The molecule has 1 aliphatic carbocycles. The molecule has 1 saturated carbocycles. The van der Waals surface area contributed by atoms with Crippen LogP contribution in [0.25, 0.3) is 11.0 Å². The number of hydrogen-bond donors (Lipinski definition) is 0. The second-order valence-electron chi connectivity index (χ2n) is 6.37. The van der Waals surface area contributed by atoms with Gasteiger partial charge in [0.25, 0.3) is 0 Å². The number of carbonyl (C=O) groups is 1. The first-order chi connectivity index (χ1) is 11.2. The predicted molar refractivity (Wildman–Crippen MR) is 89.4 cm³/mol. The van der Waals surface area contributed by atoms with Crippen molar-refractivity contribution >= 4 is 17.0 Å². The fourth-order valence-electron chi connectivity index (χ4n) is 3.40. The number of aromatic nitrogens is 2. The van der Waals surface area contributed by atoms with E-state index >= 15 is 0 Å². The van der Waals surface area contributed by atoms with Gasteiger partial charge in [0.05, 0.1) is 11.0 Å². The van der Waals surface area contributed by atoms with Gasteiger partial charge in [0.1, 0.15) is 12.6 Å². The van der Waals surface area contributed by atoms with Crippen LogP contribution in [0.3, 0.4) is 0 Å². The quantitative estimate of drug-likeness (QED) is 0.818. The van der Waals surface area contributed by atoms with Gasteiger partial charge in [-0.05, 0) is 37.8 Å². The van der Waals surface area contributed by atoms with Gasteiger partial charge in [-0.3, -0.25) is 13.9 Å². The average molecular weight is 316 g/mol. The SMILES string of the molecule is Cn1c(=O)n(CC(=O)OC2CCCCCCC2)c2ccccc21. The number of ether oxygens (including phenoxy) is 1. The van der Waals surface area contributed by atoms with E-state index in [0.29, 0.717) is 0 Å². The van der Waals surface area contributed by atoms with Crippen LogP contribution in [0.2, 0.25) is 0 Å². The highest BCUT2D eigenvalue weighted by molar-refractivity contribution is 5.78. The van der Waals surface area contributed by atoms with Crippen molar-refractivity contribution < 1.29 is 9.53 Å². The molecule has 1 aliphatic rings. The molecular weight excluding hydrogens is 292 g/mol. The molecule has 124 valence electrons. The van der Waals surface area contributed by atoms with Gasteiger partial charge >= 0.3 is 11.7 Å². The van der Waals surface area contributed by atoms with Crippen LogP contribution in [0.4, 0.5) is 0 Å². The van der Waals surface area contributed by atoms with Crippen molar-refractivity contribution in [3.8, 4) is 0 Å². The van der Waals surface area contributed by atoms with E-state index in [0.717, 1.165) is 36.7 Å². The Morgan fingerprint density at radius 1 is 1.09 bits per heavy atom. The molecule has 3 rings (SSSR count). The minimum Gasteiger partial charge on any atom is -0.461 e. The van der Waals surface area contributed by atoms with Crippen LogP contribution in [0, 0.1) is 0 Å². The highest BCUT2D eigenvalue weighted by atomic mass is 16.5. The lowest BCUT2D eigenvalue weighted by Crippen LogP contribution is -2.28. The molecule has 0 bridgehead atoms. The highest BCUT2D eigenvalue weighted by Gasteiger charge is 2.18. The van der Waals surface area contributed by atoms with Crippen LogP contribution in [-0.4, -0.2) is 21.2 Å². The minimum atomic E-state index is -0.311. The number of hydrogen-bond acceptors (Lipinski definition) is 3. The molecule has 0 saturated heterocycles. The third-order valence-electron chi connectivity index (χ3n) is 4.69. The summed E-state index contributed by atoms with van der Waals surface area (Å²) in [6.07, 6.45) is 7.85. The Morgan fingerprint density at radius 2 is 1.70 bits per heavy atom. The second kappa shape index (κ2) is 7.02. The smallest absolute Gasteiger partial charge is 0.329 e. The molecule has 0 N–H and O–H groups in total. The molecule has 0 aliphatic heterocycles. The van der Waals surface area contributed by atoms with Crippen molar-refractivity contribution in [2.45, 2.75) is 57.6 Å². The van der Waals surface area contributed by atoms with Crippen molar-refractivity contribution in [2.75, 3.05) is 0 Å². The summed E-state index contributed by atoms with van der Waals surface area (Å²) in [4.78, 5) is 24.6. The van der Waals surface area contributed by atoms with Gasteiger partial charge < -0.3 is 4.74 Å². The van der Waals surface area contributed by atoms with Crippen molar-refractivity contribution in [1.82, 2.24) is 9.13 Å². The standard InChI is InChI=1S/C18H24N2O3/c1-19-15-11-7-8-12-16(15)20(18(19)22)13-17(21)23-14-9-5-3-2-4-6-10-14/h7-8,11-12,14H,2-6,9-10,13H2,1H3. The summed E-state index contributed by atoms with van der Waals surface area (Å²) >= 11 is 0. The Morgan fingerprint density at radius 3 is 2.39 bits per heavy atom. The number of para-hydroxylation sites is 2. The summed E-state index contributed by atoms with van der Waals surface area (Å²) in [7, 11) is 1.72. The van der Waals surface area contributed by atoms with Crippen LogP contribution in [0.15, 0.2) is 29.1 Å². The summed E-state index contributed by atoms with van der Waals surface area (Å²) in [5, 5.41) is 0. The van der Waals surface area contributed by atoms with E-state index < -0.39 is 0 Å². The number of rotatable bonds is 3. The maximum Gasteiger partial charge on any atom is 0.329 e. The molecule has 23 heavy (non-hydrogen) atoms. The zero-order valence-electron chi connectivity index (χ0n) is 13.7. The summed E-state index contributed by atoms with van der Waals surface area (Å²) in [6, 6.07) is 7.50. The van der Waals surface area contributed by atoms with Gasteiger partial charge in [0.2, 0.25) is 0 Å². The van der Waals surface area contributed by atoms with Gasteiger partial charge in [0.15, 0.2) is 0 Å². The molecule has 0 atom stereocenters. The molecule has 0 radical (unpaired) electrons. The maximum absolute atomic E-state index is 12.3. The Hall–Kier alpha value is -2.04. The number of fused-ring (bicyclic) bond motifs is 1. The Bertz CT molecular complexity index is 736. The normalized spacial score (nSPS) is 16.9. The zero-order chi connectivity index (χ0) is 16.2. The first-order valence-corrected chi connectivity index (χ1v) is 8.50. The van der Waals surface area contributed by atoms with Crippen LogP contribution in [0.5, 0.6) is 0 Å². The molecule has 5 nitrogen and oxygen atoms in total. The number of esters is 1. The first-order valence-electron chi connectivity index (χ1n) is 8.50. The van der Waals surface area contributed by atoms with Gasteiger partial charge in [-0.15, -0.1) is 0 Å². The lowest BCUT2D eigenvalue weighted by molar-refractivity contribution is -0.150. The van der Waals surface area contributed by atoms with Crippen molar-refractivity contribution in [1.29, 1.82) is 0 Å². The molecule has 1 fully saturated rings. The van der Waals surface area contributed by atoms with E-state index in [9.17, 15) is 9.59 Å². The Kier molecular flexibility index (Phi) is 4.84. The number of aryl methyl sites for hydroxylation is 1. The Balaban J connectivity index is 1.73. The van der Waals surface area contributed by atoms with E-state index in [4.69, 9.17) is 4.74 Å². The number of benzene rings is 1. The fourth-order valence-corrected chi connectivity index (χ4v) is 3.40. The topological polar surface area (TPSA) is 53.2 Å². The Labute approximate surface area is 135 Å². The largest absolute Gasteiger partial charge is 0.461 e. The average Bonchev–Trinajstić information content (AvgIpc) is 2.75. The monoisotopic (exact) mass is 316 g/mol. The summed E-state index contributed by atoms with van der Waals surface area (Å²) in [5.41, 5.74) is 1.42. The van der Waals surface area contributed by atoms with E-state index in [1.54, 1.807) is 11.6 Å². The number of nitrogens with zero attached hydrogens (tertiary/aromatic N) is 2. The van der Waals surface area contributed by atoms with Crippen LogP contribution >= 0.6 is 0 Å². The lowest BCUT2D eigenvalue weighted by atomic mass is 9.99. The summed E-state index contributed by atoms with van der Waals surface area (Å²) in [6.45, 7) is -0.0172. The van der Waals surface area contributed by atoms with E-state index in [2.05, 4.69) is 0 Å². The molecule has 0 amide bonds. The van der Waals surface area contributed by atoms with Gasteiger partial charge in [-0.25, -0.2) is 4.79 Å². The van der Waals surface area contributed by atoms with Crippen LogP contribution in [0.1, 0.15) is 44.9 Å². The molecule has 0 spiro atoms. The molecule has 5 heteroatoms. The predicted octanol–water partition coefficient (Wildman–Crippen LogP) is 3.00. The number of carbonyl (C=O) groups excluding carboxylic acids is 1. The lowest BCUT2D eigenvalue weighted by Gasteiger charge is -2.20. The van der Waals surface area contributed by atoms with E-state index in [1.807, 2.05) is 24.3 Å². The molecule has 1 aromatic carbocycles. The molecule has 2 aromatic rings. The van der Waals surface area contributed by atoms with Crippen molar-refractivity contribution in [3.05, 3.63) is 34.7 Å². The van der Waals surface area contributed by atoms with E-state index in [1.165, 1.54) is 23.8 Å². The molecule has 1 aromatic heterocycles. The molecular formula is C18H24N2O3. The fraction of sp³-hybridized carbons (Fsp3) is 0.556. The second-order valence-corrected chi connectivity index (χ2v) is 6.37. The summed E-state index contributed by atoms with van der Waals surface area (Å²) < 4.78 is 8.70. The number of imidazole rings is 1. The van der Waals surface area contributed by atoms with Gasteiger partial charge in [-0.1, -0.05) is 31.4 Å². The van der Waals surface area contributed by atoms with Crippen LogP contribution < -0.4 is 5.69 Å². The highest BCUT2D eigenvalue weighted by Crippen LogP contribution is 2.20. The summed E-state index contributed by atoms with van der Waals surface area (Å²) in [5.74, 6) is -0.311. The van der Waals surface area contributed by atoms with Crippen molar-refractivity contribution in [2.24, 2.45) is 7.05 Å².